The van der Waals surface area contributed by atoms with Gasteiger partial charge in [-0.15, -0.1) is 0 Å². The highest BCUT2D eigenvalue weighted by molar-refractivity contribution is 6.06. The quantitative estimate of drug-likeness (QED) is 0.687. The predicted molar refractivity (Wildman–Crippen MR) is 109 cm³/mol. The summed E-state index contributed by atoms with van der Waals surface area (Å²) in [5, 5.41) is 2.98. The summed E-state index contributed by atoms with van der Waals surface area (Å²) in [5.74, 6) is 0.290. The summed E-state index contributed by atoms with van der Waals surface area (Å²) < 4.78 is 11.2. The van der Waals surface area contributed by atoms with Gasteiger partial charge in [0, 0.05) is 30.1 Å². The first kappa shape index (κ1) is 18.2. The Hall–Kier alpha value is -3.18. The van der Waals surface area contributed by atoms with Crippen molar-refractivity contribution in [3.8, 4) is 17.0 Å². The minimum absolute atomic E-state index is 0.138. The van der Waals surface area contributed by atoms with Gasteiger partial charge in [-0.05, 0) is 30.5 Å². The first-order chi connectivity index (χ1) is 13.8. The summed E-state index contributed by atoms with van der Waals surface area (Å²) in [6.07, 6.45) is 3.76. The Morgan fingerprint density at radius 3 is 2.64 bits per heavy atom. The molecule has 2 aromatic carbocycles. The second-order valence-corrected chi connectivity index (χ2v) is 6.70. The first-order valence-electron chi connectivity index (χ1n) is 9.46. The topological polar surface area (TPSA) is 60.5 Å². The molecule has 3 aromatic rings. The van der Waals surface area contributed by atoms with Crippen LogP contribution in [-0.4, -0.2) is 30.2 Å². The summed E-state index contributed by atoms with van der Waals surface area (Å²) in [6, 6.07) is 21.2. The molecule has 1 amide bonds. The number of nitrogens with one attached hydrogen (secondary N) is 1. The van der Waals surface area contributed by atoms with Crippen molar-refractivity contribution >= 4 is 11.6 Å². The molecule has 0 radical (unpaired) electrons. The van der Waals surface area contributed by atoms with E-state index in [4.69, 9.17) is 9.47 Å². The molecule has 0 aliphatic carbocycles. The lowest BCUT2D eigenvalue weighted by Crippen LogP contribution is -2.17. The molecule has 0 saturated carbocycles. The Morgan fingerprint density at radius 1 is 1.07 bits per heavy atom. The number of aromatic nitrogens is 1. The molecule has 1 saturated heterocycles. The van der Waals surface area contributed by atoms with Crippen LogP contribution in [0.5, 0.6) is 5.88 Å². The number of anilines is 1. The number of hydrogen-bond acceptors (Lipinski definition) is 4. The molecule has 5 nitrogen and oxygen atoms in total. The zero-order chi connectivity index (χ0) is 19.2. The van der Waals surface area contributed by atoms with Crippen molar-refractivity contribution in [3.05, 3.63) is 78.5 Å². The minimum atomic E-state index is -0.207. The van der Waals surface area contributed by atoms with Crippen LogP contribution in [0.3, 0.4) is 0 Å². The van der Waals surface area contributed by atoms with Crippen LogP contribution in [0.15, 0.2) is 72.9 Å². The van der Waals surface area contributed by atoms with Gasteiger partial charge in [-0.25, -0.2) is 4.98 Å². The molecule has 1 aliphatic heterocycles. The third-order valence-electron chi connectivity index (χ3n) is 4.70. The third kappa shape index (κ3) is 4.38. The monoisotopic (exact) mass is 374 g/mol. The van der Waals surface area contributed by atoms with Gasteiger partial charge in [-0.2, -0.15) is 0 Å². The average Bonchev–Trinajstić information content (AvgIpc) is 3.27. The van der Waals surface area contributed by atoms with Crippen LogP contribution in [-0.2, 0) is 4.74 Å². The van der Waals surface area contributed by atoms with Gasteiger partial charge in [0.05, 0.1) is 11.7 Å². The van der Waals surface area contributed by atoms with Crippen molar-refractivity contribution in [2.75, 3.05) is 18.5 Å². The molecule has 4 rings (SSSR count). The number of para-hydroxylation sites is 1. The Bertz CT molecular complexity index is 920. The second-order valence-electron chi connectivity index (χ2n) is 6.70. The van der Waals surface area contributed by atoms with Gasteiger partial charge in [0.1, 0.15) is 6.61 Å². The van der Waals surface area contributed by atoms with Crippen LogP contribution in [0, 0.1) is 0 Å². The van der Waals surface area contributed by atoms with Gasteiger partial charge in [0.15, 0.2) is 0 Å². The zero-order valence-corrected chi connectivity index (χ0v) is 15.5. The van der Waals surface area contributed by atoms with Crippen LogP contribution in [0.4, 0.5) is 5.69 Å². The van der Waals surface area contributed by atoms with E-state index in [1.54, 1.807) is 12.1 Å². The van der Waals surface area contributed by atoms with E-state index in [0.29, 0.717) is 18.1 Å². The highest BCUT2D eigenvalue weighted by Crippen LogP contribution is 2.28. The van der Waals surface area contributed by atoms with Crippen LogP contribution in [0.2, 0.25) is 0 Å². The maximum atomic E-state index is 12.7. The fourth-order valence-corrected chi connectivity index (χ4v) is 3.21. The Kier molecular flexibility index (Phi) is 5.64. The van der Waals surface area contributed by atoms with E-state index in [2.05, 4.69) is 10.3 Å². The van der Waals surface area contributed by atoms with Crippen molar-refractivity contribution in [2.45, 2.75) is 18.9 Å². The lowest BCUT2D eigenvalue weighted by Gasteiger charge is -2.12. The number of pyridine rings is 1. The minimum Gasteiger partial charge on any atom is -0.475 e. The molecule has 0 bridgehead atoms. The Morgan fingerprint density at radius 2 is 1.89 bits per heavy atom. The van der Waals surface area contributed by atoms with E-state index in [1.807, 2.05) is 54.6 Å². The van der Waals surface area contributed by atoms with Gasteiger partial charge >= 0.3 is 0 Å². The lowest BCUT2D eigenvalue weighted by atomic mass is 10.0. The number of carbonyl (C=O) groups excluding carboxylic acids is 1. The molecule has 1 atom stereocenters. The van der Waals surface area contributed by atoms with E-state index in [1.165, 1.54) is 6.20 Å². The number of benzene rings is 2. The number of amides is 1. The molecule has 5 heteroatoms. The fraction of sp³-hybridized carbons (Fsp3) is 0.217. The van der Waals surface area contributed by atoms with E-state index in [-0.39, 0.29) is 12.0 Å². The zero-order valence-electron chi connectivity index (χ0n) is 15.5. The van der Waals surface area contributed by atoms with Crippen molar-refractivity contribution in [1.82, 2.24) is 4.98 Å². The largest absolute Gasteiger partial charge is 0.475 e. The number of ether oxygens (including phenoxy) is 2. The van der Waals surface area contributed by atoms with Crippen molar-refractivity contribution < 1.29 is 14.3 Å². The molecule has 28 heavy (non-hydrogen) atoms. The van der Waals surface area contributed by atoms with Crippen LogP contribution >= 0.6 is 0 Å². The summed E-state index contributed by atoms with van der Waals surface area (Å²) in [5.41, 5.74) is 3.26. The highest BCUT2D eigenvalue weighted by Gasteiger charge is 2.16. The van der Waals surface area contributed by atoms with Crippen LogP contribution in [0.25, 0.3) is 11.1 Å². The average molecular weight is 374 g/mol. The van der Waals surface area contributed by atoms with Crippen LogP contribution < -0.4 is 10.1 Å². The molecule has 1 fully saturated rings. The molecule has 1 aliphatic rings. The van der Waals surface area contributed by atoms with Gasteiger partial charge in [-0.1, -0.05) is 48.5 Å². The fourth-order valence-electron chi connectivity index (χ4n) is 3.21. The molecule has 1 aromatic heterocycles. The van der Waals surface area contributed by atoms with Gasteiger partial charge in [0.2, 0.25) is 5.88 Å². The predicted octanol–water partition coefficient (Wildman–Crippen LogP) is 4.56. The summed E-state index contributed by atoms with van der Waals surface area (Å²) >= 11 is 0. The van der Waals surface area contributed by atoms with Gasteiger partial charge in [-0.3, -0.25) is 4.79 Å². The van der Waals surface area contributed by atoms with Crippen LogP contribution in [0.1, 0.15) is 23.2 Å². The van der Waals surface area contributed by atoms with Crippen molar-refractivity contribution in [3.63, 3.8) is 0 Å². The molecule has 2 heterocycles. The third-order valence-corrected chi connectivity index (χ3v) is 4.70. The van der Waals surface area contributed by atoms with E-state index in [0.717, 1.165) is 36.3 Å². The maximum Gasteiger partial charge on any atom is 0.257 e. The molecule has 0 unspecified atom stereocenters. The second kappa shape index (κ2) is 8.67. The highest BCUT2D eigenvalue weighted by atomic mass is 16.5. The number of carbonyl (C=O) groups is 1. The summed E-state index contributed by atoms with van der Waals surface area (Å²) in [6.45, 7) is 1.29. The Balaban J connectivity index is 1.43. The number of nitrogens with zero attached hydrogens (tertiary/aromatic N) is 1. The molecular weight excluding hydrogens is 352 g/mol. The summed E-state index contributed by atoms with van der Waals surface area (Å²) in [4.78, 5) is 16.9. The smallest absolute Gasteiger partial charge is 0.257 e. The summed E-state index contributed by atoms with van der Waals surface area (Å²) in [7, 11) is 0. The van der Waals surface area contributed by atoms with E-state index < -0.39 is 0 Å². The van der Waals surface area contributed by atoms with Gasteiger partial charge in [0.25, 0.3) is 5.91 Å². The lowest BCUT2D eigenvalue weighted by molar-refractivity contribution is 0.0663. The maximum absolute atomic E-state index is 12.7. The van der Waals surface area contributed by atoms with Crippen molar-refractivity contribution in [1.29, 1.82) is 0 Å². The van der Waals surface area contributed by atoms with E-state index in [9.17, 15) is 4.79 Å². The molecule has 0 spiro atoms. The number of rotatable bonds is 6. The molecule has 142 valence electrons. The molecular formula is C23H22N2O3. The first-order valence-corrected chi connectivity index (χ1v) is 9.46. The molecule has 1 N–H and O–H groups in total. The van der Waals surface area contributed by atoms with Crippen molar-refractivity contribution in [2.24, 2.45) is 0 Å². The Labute approximate surface area is 164 Å². The van der Waals surface area contributed by atoms with E-state index >= 15 is 0 Å². The SMILES string of the molecule is O=C(Nc1ccccc1-c1ccccc1)c1ccc(OC[C@H]2CCCO2)nc1. The van der Waals surface area contributed by atoms with Gasteiger partial charge < -0.3 is 14.8 Å². The number of hydrogen-bond donors (Lipinski definition) is 1. The normalized spacial score (nSPS) is 15.9. The standard InChI is InChI=1S/C23H22N2O3/c26-23(18-12-13-22(24-15-18)28-16-19-9-6-14-27-19)25-21-11-5-4-10-20(21)17-7-2-1-3-8-17/h1-5,7-8,10-13,15,19H,6,9,14,16H2,(H,25,26)/t19-/m1/s1.